The Hall–Kier alpha value is -6.46. The zero-order chi connectivity index (χ0) is 40.1. The fourth-order valence-corrected chi connectivity index (χ4v) is 13.3. The average molecular weight is 805 g/mol. The Morgan fingerprint density at radius 1 is 0.367 bits per heavy atom. The van der Waals surface area contributed by atoms with Crippen LogP contribution in [0.2, 0.25) is 0 Å². The molecule has 0 radical (unpaired) electrons. The molecule has 2 aliphatic rings. The molecule has 0 atom stereocenters. The van der Waals surface area contributed by atoms with Crippen molar-refractivity contribution in [2.75, 3.05) is 9.80 Å². The van der Waals surface area contributed by atoms with Crippen molar-refractivity contribution in [3.8, 4) is 0 Å². The molecule has 4 heterocycles. The summed E-state index contributed by atoms with van der Waals surface area (Å²) in [6.45, 7) is 9.70. The number of para-hydroxylation sites is 2. The summed E-state index contributed by atoms with van der Waals surface area (Å²) in [7, 11) is 0. The van der Waals surface area contributed by atoms with Gasteiger partial charge in [-0.1, -0.05) is 137 Å². The number of hydrogen-bond donors (Lipinski definition) is 0. The second kappa shape index (κ2) is 12.1. The maximum absolute atomic E-state index is 2.56. The normalized spacial score (nSPS) is 15.2. The van der Waals surface area contributed by atoms with Gasteiger partial charge in [0.25, 0.3) is 0 Å². The van der Waals surface area contributed by atoms with Gasteiger partial charge in [0.05, 0.1) is 22.7 Å². The Balaban J connectivity index is 1.11. The van der Waals surface area contributed by atoms with Crippen LogP contribution in [0.15, 0.2) is 170 Å². The molecule has 0 fully saturated rings. The predicted octanol–water partition coefficient (Wildman–Crippen LogP) is 16.9. The molecular weight excluding hydrogens is 765 g/mol. The molecule has 60 heavy (non-hydrogen) atoms. The van der Waals surface area contributed by atoms with Crippen molar-refractivity contribution in [2.45, 2.75) is 38.5 Å². The first-order valence-electron chi connectivity index (χ1n) is 20.9. The van der Waals surface area contributed by atoms with E-state index < -0.39 is 0 Å². The van der Waals surface area contributed by atoms with Gasteiger partial charge in [-0.25, -0.2) is 0 Å². The highest BCUT2D eigenvalue weighted by atomic mass is 32.1. The third-order valence-corrected chi connectivity index (χ3v) is 15.9. The lowest BCUT2D eigenvalue weighted by atomic mass is 9.71. The molecule has 2 aliphatic heterocycles. The molecule has 0 unspecified atom stereocenters. The van der Waals surface area contributed by atoms with Gasteiger partial charge in [-0.2, -0.15) is 0 Å². The lowest BCUT2D eigenvalue weighted by molar-refractivity contribution is 0.639. The van der Waals surface area contributed by atoms with Gasteiger partial charge in [0.2, 0.25) is 0 Å². The summed E-state index contributed by atoms with van der Waals surface area (Å²) < 4.78 is 5.29. The zero-order valence-electron chi connectivity index (χ0n) is 33.9. The van der Waals surface area contributed by atoms with Crippen molar-refractivity contribution in [2.24, 2.45) is 0 Å². The van der Waals surface area contributed by atoms with Crippen LogP contribution in [-0.2, 0) is 10.8 Å². The predicted molar refractivity (Wildman–Crippen MR) is 261 cm³/mol. The van der Waals surface area contributed by atoms with E-state index >= 15 is 0 Å². The fraction of sp³-hybridized carbons (Fsp3) is 0.107. The lowest BCUT2D eigenvalue weighted by Gasteiger charge is -2.43. The third kappa shape index (κ3) is 4.47. The quantitative estimate of drug-likeness (QED) is 0.172. The van der Waals surface area contributed by atoms with Crippen LogP contribution in [0, 0.1) is 0 Å². The molecule has 0 spiro atoms. The summed E-state index contributed by atoms with van der Waals surface area (Å²) in [5, 5.41) is 10.6. The van der Waals surface area contributed by atoms with E-state index in [9.17, 15) is 0 Å². The highest BCUT2D eigenvalue weighted by Gasteiger charge is 2.42. The van der Waals surface area contributed by atoms with Gasteiger partial charge >= 0.3 is 0 Å². The van der Waals surface area contributed by atoms with Gasteiger partial charge in [-0.05, 0) is 104 Å². The van der Waals surface area contributed by atoms with Crippen LogP contribution in [-0.4, -0.2) is 0 Å². The molecule has 11 aromatic rings. The van der Waals surface area contributed by atoms with E-state index in [1.54, 1.807) is 0 Å². The molecule has 0 aliphatic carbocycles. The molecule has 0 N–H and O–H groups in total. The largest absolute Gasteiger partial charge is 0.309 e. The van der Waals surface area contributed by atoms with E-state index in [0.717, 1.165) is 0 Å². The monoisotopic (exact) mass is 804 g/mol. The number of nitrogens with zero attached hydrogens (tertiary/aromatic N) is 2. The van der Waals surface area contributed by atoms with Crippen molar-refractivity contribution >= 4 is 119 Å². The first-order valence-corrected chi connectivity index (χ1v) is 22.6. The number of fused-ring (bicyclic) bond motifs is 16. The molecule has 9 aromatic carbocycles. The molecular formula is C56H40N2S2. The van der Waals surface area contributed by atoms with Crippen molar-refractivity contribution in [3.63, 3.8) is 0 Å². The lowest BCUT2D eigenvalue weighted by Crippen LogP contribution is -2.31. The molecule has 286 valence electrons. The zero-order valence-corrected chi connectivity index (χ0v) is 35.5. The highest BCUT2D eigenvalue weighted by molar-refractivity contribution is 7.27. The Bertz CT molecular complexity index is 3370. The van der Waals surface area contributed by atoms with Gasteiger partial charge in [0, 0.05) is 62.5 Å². The van der Waals surface area contributed by atoms with E-state index in [0.29, 0.717) is 0 Å². The van der Waals surface area contributed by atoms with Crippen LogP contribution in [0.1, 0.15) is 49.9 Å². The minimum Gasteiger partial charge on any atom is -0.309 e. The average Bonchev–Trinajstić information content (AvgIpc) is 3.83. The minimum atomic E-state index is -0.227. The molecule has 0 saturated heterocycles. The molecule has 0 bridgehead atoms. The van der Waals surface area contributed by atoms with E-state index in [4.69, 9.17) is 0 Å². The fourth-order valence-electron chi connectivity index (χ4n) is 11.1. The van der Waals surface area contributed by atoms with Crippen molar-refractivity contribution in [1.82, 2.24) is 0 Å². The molecule has 13 rings (SSSR count). The van der Waals surface area contributed by atoms with Crippen LogP contribution in [0.25, 0.3) is 61.9 Å². The van der Waals surface area contributed by atoms with Gasteiger partial charge < -0.3 is 9.80 Å². The van der Waals surface area contributed by atoms with Gasteiger partial charge in [0.1, 0.15) is 0 Å². The highest BCUT2D eigenvalue weighted by Crippen LogP contribution is 2.60. The second-order valence-corrected chi connectivity index (χ2v) is 19.8. The van der Waals surface area contributed by atoms with Crippen LogP contribution in [0.4, 0.5) is 34.1 Å². The first kappa shape index (κ1) is 34.4. The van der Waals surface area contributed by atoms with E-state index in [1.807, 2.05) is 22.7 Å². The van der Waals surface area contributed by atoms with E-state index in [2.05, 4.69) is 207 Å². The number of thiophene rings is 2. The van der Waals surface area contributed by atoms with E-state index in [1.165, 1.54) is 118 Å². The summed E-state index contributed by atoms with van der Waals surface area (Å²) in [5.74, 6) is 0. The maximum atomic E-state index is 2.56. The number of benzene rings is 9. The van der Waals surface area contributed by atoms with Crippen molar-refractivity contribution < 1.29 is 0 Å². The Morgan fingerprint density at radius 2 is 0.767 bits per heavy atom. The van der Waals surface area contributed by atoms with Crippen LogP contribution >= 0.6 is 22.7 Å². The van der Waals surface area contributed by atoms with E-state index in [-0.39, 0.29) is 10.8 Å². The van der Waals surface area contributed by atoms with Gasteiger partial charge in [0.15, 0.2) is 0 Å². The standard InChI is InChI=1S/C56H40N2S2/c1-55(2)41-25-29-45-49(53(41)57(35-17-7-5-8-18-35)43-27-23-33-15-11-13-21-37(33)51(43)55)39-31-48-40(32-47(39)59-45)50-46(60-48)30-26-42-54(50)58(36-19-9-6-10-20-36)44-28-24-34-16-12-14-22-38(34)52(44)56(42,3)4/h5-32H,1-4H3. The number of anilines is 6. The topological polar surface area (TPSA) is 6.48 Å². The summed E-state index contributed by atoms with van der Waals surface area (Å²) >= 11 is 3.86. The molecule has 0 amide bonds. The van der Waals surface area contributed by atoms with Crippen LogP contribution in [0.3, 0.4) is 0 Å². The third-order valence-electron chi connectivity index (χ3n) is 13.7. The summed E-state index contributed by atoms with van der Waals surface area (Å²) in [5.41, 5.74) is 12.5. The Morgan fingerprint density at radius 3 is 1.20 bits per heavy atom. The number of rotatable bonds is 2. The summed E-state index contributed by atoms with van der Waals surface area (Å²) in [6.07, 6.45) is 0. The van der Waals surface area contributed by atoms with Crippen LogP contribution < -0.4 is 9.80 Å². The Labute approximate surface area is 357 Å². The van der Waals surface area contributed by atoms with Gasteiger partial charge in [-0.3, -0.25) is 0 Å². The SMILES string of the molecule is CC1(C)c2ccc3sc4cc5c(cc4c3c2N(c2ccccc2)c2ccc3ccccc3c21)sc1ccc2c(c15)N(c1ccccc1)c1ccc3ccccc3c1C2(C)C. The molecule has 2 aromatic heterocycles. The van der Waals surface area contributed by atoms with Crippen LogP contribution in [0.5, 0.6) is 0 Å². The first-order chi connectivity index (χ1) is 29.3. The summed E-state index contributed by atoms with van der Waals surface area (Å²) in [4.78, 5) is 5.12. The smallest absolute Gasteiger partial charge is 0.0595 e. The van der Waals surface area contributed by atoms with Crippen molar-refractivity contribution in [1.29, 1.82) is 0 Å². The maximum Gasteiger partial charge on any atom is 0.0595 e. The second-order valence-electron chi connectivity index (χ2n) is 17.7. The minimum absolute atomic E-state index is 0.227. The summed E-state index contributed by atoms with van der Waals surface area (Å²) in [6, 6.07) is 63.8. The van der Waals surface area contributed by atoms with Crippen molar-refractivity contribution in [3.05, 3.63) is 192 Å². The molecule has 0 saturated carbocycles. The molecule has 2 nitrogen and oxygen atoms in total. The number of hydrogen-bond acceptors (Lipinski definition) is 4. The van der Waals surface area contributed by atoms with Gasteiger partial charge in [-0.15, -0.1) is 22.7 Å². The molecule has 4 heteroatoms. The Kier molecular flexibility index (Phi) is 6.92.